The fourth-order valence-corrected chi connectivity index (χ4v) is 4.04. The van der Waals surface area contributed by atoms with Crippen LogP contribution in [0.5, 0.6) is 5.75 Å². The monoisotopic (exact) mass is 375 g/mol. The lowest BCUT2D eigenvalue weighted by atomic mass is 10.1. The highest BCUT2D eigenvalue weighted by molar-refractivity contribution is 7.14. The Bertz CT molecular complexity index is 990. The molecule has 0 aliphatic carbocycles. The van der Waals surface area contributed by atoms with E-state index in [1.807, 2.05) is 53.9 Å². The second-order valence-corrected chi connectivity index (χ2v) is 7.17. The minimum absolute atomic E-state index is 0.501. The molecule has 0 saturated carbocycles. The maximum atomic E-state index is 6.31. The van der Waals surface area contributed by atoms with Crippen molar-refractivity contribution in [1.82, 2.24) is 0 Å². The van der Waals surface area contributed by atoms with E-state index in [-0.39, 0.29) is 0 Å². The molecule has 4 rings (SSSR count). The molecule has 0 spiro atoms. The van der Waals surface area contributed by atoms with Crippen LogP contribution in [0, 0.1) is 6.07 Å². The van der Waals surface area contributed by atoms with E-state index in [4.69, 9.17) is 16.3 Å². The Labute approximate surface area is 162 Å². The first-order valence-electron chi connectivity index (χ1n) is 8.32. The summed E-state index contributed by atoms with van der Waals surface area (Å²) in [6.45, 7) is 0.501. The van der Waals surface area contributed by atoms with Crippen LogP contribution in [0.25, 0.3) is 21.6 Å². The SMILES string of the molecule is Clc1ccsc1-c1ccccc1COc1ccc(-c2[c]cccc2)cc1. The third kappa shape index (κ3) is 3.67. The third-order valence-corrected chi connectivity index (χ3v) is 5.52. The van der Waals surface area contributed by atoms with Gasteiger partial charge < -0.3 is 4.74 Å². The lowest BCUT2D eigenvalue weighted by Crippen LogP contribution is -1.97. The van der Waals surface area contributed by atoms with Gasteiger partial charge in [0.25, 0.3) is 0 Å². The number of ether oxygens (including phenoxy) is 1. The maximum Gasteiger partial charge on any atom is 0.119 e. The van der Waals surface area contributed by atoms with Crippen molar-refractivity contribution in [2.45, 2.75) is 6.61 Å². The van der Waals surface area contributed by atoms with Crippen LogP contribution in [0.15, 0.2) is 84.2 Å². The van der Waals surface area contributed by atoms with Gasteiger partial charge in [0.2, 0.25) is 0 Å². The van der Waals surface area contributed by atoms with Crippen molar-refractivity contribution < 1.29 is 4.74 Å². The molecule has 1 aromatic heterocycles. The summed E-state index contributed by atoms with van der Waals surface area (Å²) in [5, 5.41) is 2.79. The molecule has 4 aromatic rings. The fraction of sp³-hybridized carbons (Fsp3) is 0.0435. The van der Waals surface area contributed by atoms with Crippen LogP contribution in [0.1, 0.15) is 5.56 Å². The molecule has 0 bridgehead atoms. The van der Waals surface area contributed by atoms with Gasteiger partial charge in [-0.2, -0.15) is 0 Å². The van der Waals surface area contributed by atoms with Crippen molar-refractivity contribution in [3.8, 4) is 27.3 Å². The van der Waals surface area contributed by atoms with Crippen molar-refractivity contribution in [1.29, 1.82) is 0 Å². The summed E-state index contributed by atoms with van der Waals surface area (Å²) >= 11 is 7.95. The molecule has 127 valence electrons. The average molecular weight is 376 g/mol. The molecule has 0 aliphatic rings. The normalized spacial score (nSPS) is 10.7. The summed E-state index contributed by atoms with van der Waals surface area (Å²) < 4.78 is 6.01. The molecule has 0 saturated heterocycles. The molecule has 26 heavy (non-hydrogen) atoms. The van der Waals surface area contributed by atoms with Gasteiger partial charge in [-0.25, -0.2) is 0 Å². The molecule has 0 fully saturated rings. The van der Waals surface area contributed by atoms with Crippen LogP contribution in [0.2, 0.25) is 5.02 Å². The fourth-order valence-electron chi connectivity index (χ4n) is 2.82. The standard InChI is InChI=1S/C23H16ClOS/c24-22-14-15-26-23(22)21-9-5-4-8-19(21)16-25-20-12-10-18(11-13-20)17-6-2-1-3-7-17/h1-6,8-15H,16H2. The second-order valence-electron chi connectivity index (χ2n) is 5.84. The molecular formula is C23H16ClOS. The first kappa shape index (κ1) is 16.9. The zero-order chi connectivity index (χ0) is 17.8. The molecule has 3 aromatic carbocycles. The highest BCUT2D eigenvalue weighted by Gasteiger charge is 2.10. The second kappa shape index (κ2) is 7.77. The smallest absolute Gasteiger partial charge is 0.119 e. The van der Waals surface area contributed by atoms with Gasteiger partial charge in [0.15, 0.2) is 0 Å². The van der Waals surface area contributed by atoms with Crippen LogP contribution in [-0.4, -0.2) is 0 Å². The largest absolute Gasteiger partial charge is 0.489 e. The summed E-state index contributed by atoms with van der Waals surface area (Å²) in [5.41, 5.74) is 4.46. The molecule has 1 radical (unpaired) electrons. The Morgan fingerprint density at radius 1 is 0.885 bits per heavy atom. The first-order chi connectivity index (χ1) is 12.8. The van der Waals surface area contributed by atoms with Gasteiger partial charge >= 0.3 is 0 Å². The van der Waals surface area contributed by atoms with E-state index < -0.39 is 0 Å². The number of rotatable bonds is 5. The molecular weight excluding hydrogens is 360 g/mol. The predicted octanol–water partition coefficient (Wildman–Crippen LogP) is 7.11. The highest BCUT2D eigenvalue weighted by atomic mass is 35.5. The van der Waals surface area contributed by atoms with Crippen molar-refractivity contribution in [3.63, 3.8) is 0 Å². The topological polar surface area (TPSA) is 9.23 Å². The van der Waals surface area contributed by atoms with Gasteiger partial charge in [0.1, 0.15) is 12.4 Å². The van der Waals surface area contributed by atoms with E-state index in [1.54, 1.807) is 11.3 Å². The number of hydrogen-bond donors (Lipinski definition) is 0. The summed E-state index contributed by atoms with van der Waals surface area (Å²) in [7, 11) is 0. The number of thiophene rings is 1. The highest BCUT2D eigenvalue weighted by Crippen LogP contribution is 2.35. The molecule has 1 nitrogen and oxygen atoms in total. The van der Waals surface area contributed by atoms with E-state index in [2.05, 4.69) is 36.4 Å². The molecule has 3 heteroatoms. The van der Waals surface area contributed by atoms with Crippen LogP contribution in [-0.2, 0) is 6.61 Å². The van der Waals surface area contributed by atoms with Gasteiger partial charge in [0, 0.05) is 0 Å². The summed E-state index contributed by atoms with van der Waals surface area (Å²) in [6.07, 6.45) is 0. The van der Waals surface area contributed by atoms with E-state index in [0.717, 1.165) is 37.9 Å². The Balaban J connectivity index is 1.51. The minimum atomic E-state index is 0.501. The molecule has 0 amide bonds. The molecule has 0 N–H and O–H groups in total. The van der Waals surface area contributed by atoms with Gasteiger partial charge in [-0.1, -0.05) is 72.3 Å². The lowest BCUT2D eigenvalue weighted by Gasteiger charge is -2.11. The van der Waals surface area contributed by atoms with Crippen LogP contribution in [0.3, 0.4) is 0 Å². The van der Waals surface area contributed by atoms with Crippen LogP contribution in [0.4, 0.5) is 0 Å². The Morgan fingerprint density at radius 3 is 2.42 bits per heavy atom. The summed E-state index contributed by atoms with van der Waals surface area (Å²) in [4.78, 5) is 1.08. The maximum absolute atomic E-state index is 6.31. The molecule has 1 heterocycles. The first-order valence-corrected chi connectivity index (χ1v) is 9.58. The van der Waals surface area contributed by atoms with Gasteiger partial charge in [-0.3, -0.25) is 0 Å². The Morgan fingerprint density at radius 2 is 1.69 bits per heavy atom. The third-order valence-electron chi connectivity index (χ3n) is 4.15. The average Bonchev–Trinajstić information content (AvgIpc) is 3.13. The summed E-state index contributed by atoms with van der Waals surface area (Å²) in [6, 6.07) is 29.5. The zero-order valence-corrected chi connectivity index (χ0v) is 15.6. The molecule has 0 unspecified atom stereocenters. The lowest BCUT2D eigenvalue weighted by molar-refractivity contribution is 0.307. The predicted molar refractivity (Wildman–Crippen MR) is 110 cm³/mol. The van der Waals surface area contributed by atoms with Gasteiger partial charge in [-0.15, -0.1) is 11.3 Å². The Kier molecular flexibility index (Phi) is 5.05. The van der Waals surface area contributed by atoms with E-state index in [0.29, 0.717) is 6.61 Å². The van der Waals surface area contributed by atoms with Crippen molar-refractivity contribution in [2.24, 2.45) is 0 Å². The Hall–Kier alpha value is -2.55. The number of hydrogen-bond acceptors (Lipinski definition) is 2. The van der Waals surface area contributed by atoms with Gasteiger partial charge in [0.05, 0.1) is 9.90 Å². The van der Waals surface area contributed by atoms with Crippen LogP contribution < -0.4 is 4.74 Å². The van der Waals surface area contributed by atoms with Gasteiger partial charge in [-0.05, 0) is 51.9 Å². The van der Waals surface area contributed by atoms with E-state index >= 15 is 0 Å². The molecule has 0 atom stereocenters. The number of halogens is 1. The minimum Gasteiger partial charge on any atom is -0.489 e. The zero-order valence-electron chi connectivity index (χ0n) is 14.0. The van der Waals surface area contributed by atoms with Crippen LogP contribution >= 0.6 is 22.9 Å². The molecule has 0 aliphatic heterocycles. The van der Waals surface area contributed by atoms with E-state index in [9.17, 15) is 0 Å². The van der Waals surface area contributed by atoms with Crippen molar-refractivity contribution in [2.75, 3.05) is 0 Å². The van der Waals surface area contributed by atoms with Crippen molar-refractivity contribution in [3.05, 3.63) is 101 Å². The summed E-state index contributed by atoms with van der Waals surface area (Å²) in [5.74, 6) is 0.844. The van der Waals surface area contributed by atoms with E-state index in [1.165, 1.54) is 0 Å². The number of benzene rings is 3. The quantitative estimate of drug-likeness (QED) is 0.361. The van der Waals surface area contributed by atoms with Crippen molar-refractivity contribution >= 4 is 22.9 Å².